The van der Waals surface area contributed by atoms with Gasteiger partial charge >= 0.3 is 0 Å². The number of carbonyl (C=O) groups excluding carboxylic acids is 2. The van der Waals surface area contributed by atoms with E-state index in [1.54, 1.807) is 29.4 Å². The Morgan fingerprint density at radius 3 is 2.85 bits per heavy atom. The van der Waals surface area contributed by atoms with E-state index >= 15 is 0 Å². The first-order chi connectivity index (χ1) is 13.1. The van der Waals surface area contributed by atoms with Crippen molar-refractivity contribution < 1.29 is 9.59 Å². The van der Waals surface area contributed by atoms with Crippen molar-refractivity contribution in [2.24, 2.45) is 0 Å². The maximum atomic E-state index is 13.1. The number of fused-ring (bicyclic) bond motifs is 1. The minimum Gasteiger partial charge on any atom is -0.350 e. The van der Waals surface area contributed by atoms with Gasteiger partial charge in [-0.3, -0.25) is 9.59 Å². The van der Waals surface area contributed by atoms with Crippen LogP contribution < -0.4 is 5.32 Å². The van der Waals surface area contributed by atoms with Crippen molar-refractivity contribution in [1.29, 1.82) is 0 Å². The van der Waals surface area contributed by atoms with E-state index in [0.717, 1.165) is 17.5 Å². The number of carbonyl (C=O) groups is 2. The Morgan fingerprint density at radius 2 is 2.04 bits per heavy atom. The van der Waals surface area contributed by atoms with Gasteiger partial charge in [0.25, 0.3) is 5.91 Å². The molecular weight excluding hydrogens is 364 g/mol. The molecule has 1 aliphatic rings. The first-order valence-electron chi connectivity index (χ1n) is 8.89. The fourth-order valence-corrected chi connectivity index (χ4v) is 3.61. The molecule has 6 nitrogen and oxygen atoms in total. The molecule has 3 aromatic rings. The number of H-pyrrole nitrogens is 1. The van der Waals surface area contributed by atoms with Crippen molar-refractivity contribution >= 4 is 34.4 Å². The number of benzene rings is 2. The highest BCUT2D eigenvalue weighted by molar-refractivity contribution is 6.30. The molecule has 1 aliphatic heterocycles. The summed E-state index contributed by atoms with van der Waals surface area (Å²) < 4.78 is 0. The van der Waals surface area contributed by atoms with Crippen LogP contribution in [0.4, 0.5) is 0 Å². The molecule has 4 rings (SSSR count). The van der Waals surface area contributed by atoms with Gasteiger partial charge in [0, 0.05) is 18.1 Å². The Balaban J connectivity index is 1.48. The standard InChI is InChI=1S/C20H19ClN4O2/c21-14-8-6-13(7-9-14)11-22-19(26)17-5-2-10-25(17)20(27)15-3-1-4-16-18(15)24-12-23-16/h1,3-4,6-9,12,17H,2,5,10-11H2,(H,22,26)(H,23,24)/t17-/m0/s1. The third-order valence-corrected chi connectivity index (χ3v) is 5.13. The molecule has 0 unspecified atom stereocenters. The van der Waals surface area contributed by atoms with Gasteiger partial charge < -0.3 is 15.2 Å². The van der Waals surface area contributed by atoms with E-state index in [9.17, 15) is 9.59 Å². The van der Waals surface area contributed by atoms with Crippen molar-refractivity contribution in [2.75, 3.05) is 6.54 Å². The number of hydrogen-bond donors (Lipinski definition) is 2. The number of nitrogens with zero attached hydrogens (tertiary/aromatic N) is 2. The minimum absolute atomic E-state index is 0.134. The molecule has 2 N–H and O–H groups in total. The molecule has 1 atom stereocenters. The van der Waals surface area contributed by atoms with E-state index in [-0.39, 0.29) is 11.8 Å². The minimum atomic E-state index is -0.459. The summed E-state index contributed by atoms with van der Waals surface area (Å²) in [6.07, 6.45) is 3.04. The number of likely N-dealkylation sites (tertiary alicyclic amines) is 1. The predicted molar refractivity (Wildman–Crippen MR) is 103 cm³/mol. The Morgan fingerprint density at radius 1 is 1.22 bits per heavy atom. The molecule has 7 heteroatoms. The van der Waals surface area contributed by atoms with Gasteiger partial charge in [0.05, 0.1) is 17.4 Å². The van der Waals surface area contributed by atoms with E-state index < -0.39 is 6.04 Å². The molecular formula is C20H19ClN4O2. The van der Waals surface area contributed by atoms with E-state index in [4.69, 9.17) is 11.6 Å². The first-order valence-corrected chi connectivity index (χ1v) is 9.26. The Labute approximate surface area is 161 Å². The van der Waals surface area contributed by atoms with Gasteiger partial charge in [-0.25, -0.2) is 4.98 Å². The van der Waals surface area contributed by atoms with Crippen LogP contribution in [0.15, 0.2) is 48.8 Å². The van der Waals surface area contributed by atoms with Gasteiger partial charge in [0.1, 0.15) is 11.6 Å². The van der Waals surface area contributed by atoms with Crippen LogP contribution in [0.2, 0.25) is 5.02 Å². The second-order valence-electron chi connectivity index (χ2n) is 6.61. The number of rotatable bonds is 4. The molecule has 2 heterocycles. The largest absolute Gasteiger partial charge is 0.350 e. The highest BCUT2D eigenvalue weighted by Crippen LogP contribution is 2.23. The number of para-hydroxylation sites is 1. The third-order valence-electron chi connectivity index (χ3n) is 4.88. The number of aromatic nitrogens is 2. The monoisotopic (exact) mass is 382 g/mol. The van der Waals surface area contributed by atoms with Gasteiger partial charge in [-0.05, 0) is 42.7 Å². The molecule has 0 bridgehead atoms. The van der Waals surface area contributed by atoms with Crippen LogP contribution in [0.3, 0.4) is 0 Å². The van der Waals surface area contributed by atoms with Gasteiger partial charge in [-0.1, -0.05) is 29.8 Å². The van der Waals surface area contributed by atoms with Crippen LogP contribution in [0.1, 0.15) is 28.8 Å². The lowest BCUT2D eigenvalue weighted by atomic mass is 10.1. The molecule has 2 amide bonds. The topological polar surface area (TPSA) is 78.1 Å². The number of nitrogens with one attached hydrogen (secondary N) is 2. The summed E-state index contributed by atoms with van der Waals surface area (Å²) in [5.41, 5.74) is 2.93. The maximum Gasteiger partial charge on any atom is 0.256 e. The zero-order valence-electron chi connectivity index (χ0n) is 14.6. The van der Waals surface area contributed by atoms with Crippen LogP contribution in [0, 0.1) is 0 Å². The second-order valence-corrected chi connectivity index (χ2v) is 7.04. The average Bonchev–Trinajstić information content (AvgIpc) is 3.35. The molecule has 0 radical (unpaired) electrons. The highest BCUT2D eigenvalue weighted by Gasteiger charge is 2.35. The number of amides is 2. The fourth-order valence-electron chi connectivity index (χ4n) is 3.48. The lowest BCUT2D eigenvalue weighted by Crippen LogP contribution is -2.45. The number of hydrogen-bond acceptors (Lipinski definition) is 3. The van der Waals surface area contributed by atoms with Gasteiger partial charge in [0.15, 0.2) is 0 Å². The van der Waals surface area contributed by atoms with Crippen molar-refractivity contribution in [3.63, 3.8) is 0 Å². The molecule has 0 aliphatic carbocycles. The lowest BCUT2D eigenvalue weighted by molar-refractivity contribution is -0.125. The third kappa shape index (κ3) is 3.53. The van der Waals surface area contributed by atoms with Crippen LogP contribution in [-0.4, -0.2) is 39.3 Å². The zero-order valence-corrected chi connectivity index (χ0v) is 15.4. The van der Waals surface area contributed by atoms with E-state index in [1.165, 1.54) is 0 Å². The lowest BCUT2D eigenvalue weighted by Gasteiger charge is -2.24. The van der Waals surface area contributed by atoms with E-state index in [0.29, 0.717) is 35.6 Å². The van der Waals surface area contributed by atoms with E-state index in [1.807, 2.05) is 24.3 Å². The average molecular weight is 383 g/mol. The molecule has 27 heavy (non-hydrogen) atoms. The van der Waals surface area contributed by atoms with Crippen LogP contribution in [-0.2, 0) is 11.3 Å². The van der Waals surface area contributed by atoms with Crippen LogP contribution in [0.25, 0.3) is 11.0 Å². The Hall–Kier alpha value is -2.86. The summed E-state index contributed by atoms with van der Waals surface area (Å²) in [5, 5.41) is 3.59. The summed E-state index contributed by atoms with van der Waals surface area (Å²) in [4.78, 5) is 34.7. The molecule has 1 aromatic heterocycles. The summed E-state index contributed by atoms with van der Waals surface area (Å²) >= 11 is 5.88. The molecule has 0 saturated carbocycles. The maximum absolute atomic E-state index is 13.1. The van der Waals surface area contributed by atoms with Crippen LogP contribution in [0.5, 0.6) is 0 Å². The van der Waals surface area contributed by atoms with Gasteiger partial charge in [0.2, 0.25) is 5.91 Å². The number of imidazole rings is 1. The normalized spacial score (nSPS) is 16.6. The number of aromatic amines is 1. The van der Waals surface area contributed by atoms with Crippen LogP contribution >= 0.6 is 11.6 Å². The Kier molecular flexibility index (Phi) is 4.81. The second kappa shape index (κ2) is 7.40. The molecule has 138 valence electrons. The predicted octanol–water partition coefficient (Wildman–Crippen LogP) is 3.14. The van der Waals surface area contributed by atoms with Crippen molar-refractivity contribution in [3.05, 3.63) is 64.9 Å². The summed E-state index contributed by atoms with van der Waals surface area (Å²) in [6.45, 7) is 0.974. The summed E-state index contributed by atoms with van der Waals surface area (Å²) in [7, 11) is 0. The number of halogens is 1. The molecule has 1 saturated heterocycles. The SMILES string of the molecule is O=C(NCc1ccc(Cl)cc1)[C@@H]1CCCN1C(=O)c1cccc2[nH]cnc12. The smallest absolute Gasteiger partial charge is 0.256 e. The van der Waals surface area contributed by atoms with Crippen molar-refractivity contribution in [2.45, 2.75) is 25.4 Å². The highest BCUT2D eigenvalue weighted by atomic mass is 35.5. The van der Waals surface area contributed by atoms with E-state index in [2.05, 4.69) is 15.3 Å². The van der Waals surface area contributed by atoms with Gasteiger partial charge in [-0.15, -0.1) is 0 Å². The van der Waals surface area contributed by atoms with Gasteiger partial charge in [-0.2, -0.15) is 0 Å². The zero-order chi connectivity index (χ0) is 18.8. The molecule has 2 aromatic carbocycles. The van der Waals surface area contributed by atoms with Crippen molar-refractivity contribution in [1.82, 2.24) is 20.2 Å². The molecule has 1 fully saturated rings. The Bertz CT molecular complexity index is 983. The summed E-state index contributed by atoms with van der Waals surface area (Å²) in [5.74, 6) is -0.290. The first kappa shape index (κ1) is 17.5. The van der Waals surface area contributed by atoms with Crippen molar-refractivity contribution in [3.8, 4) is 0 Å². The summed E-state index contributed by atoms with van der Waals surface area (Å²) in [6, 6.07) is 12.3. The fraction of sp³-hybridized carbons (Fsp3) is 0.250. The quantitative estimate of drug-likeness (QED) is 0.727. The molecule has 0 spiro atoms.